The first-order valence-corrected chi connectivity index (χ1v) is 7.73. The van der Waals surface area contributed by atoms with Crippen LogP contribution in [0.4, 0.5) is 10.8 Å². The Kier molecular flexibility index (Phi) is 5.00. The smallest absolute Gasteiger partial charge is 0.345 e. The van der Waals surface area contributed by atoms with Crippen molar-refractivity contribution in [3.63, 3.8) is 0 Å². The molecule has 2 rings (SSSR count). The summed E-state index contributed by atoms with van der Waals surface area (Å²) in [4.78, 5) is 27.6. The Balaban J connectivity index is 2.10. The lowest BCUT2D eigenvalue weighted by Crippen LogP contribution is -2.37. The average molecular weight is 312 g/mol. The molecule has 2 N–H and O–H groups in total. The van der Waals surface area contributed by atoms with Crippen LogP contribution in [0.1, 0.15) is 30.1 Å². The van der Waals surface area contributed by atoms with Gasteiger partial charge in [-0.1, -0.05) is 0 Å². The number of rotatable bonds is 5. The third kappa shape index (κ3) is 3.44. The standard InChI is InChI=1S/C13H20N4O3S/c1-3-20-13(19)10-11(14)15-21-12(10)16(2)8-9(18)17-6-4-5-7-17/h3-8H2,1-2H3,(H2,14,15). The van der Waals surface area contributed by atoms with E-state index in [0.717, 1.165) is 37.5 Å². The van der Waals surface area contributed by atoms with Crippen LogP contribution in [0, 0.1) is 0 Å². The van der Waals surface area contributed by atoms with E-state index in [0.29, 0.717) is 5.00 Å². The van der Waals surface area contributed by atoms with Crippen LogP contribution >= 0.6 is 11.5 Å². The molecule has 1 aromatic rings. The van der Waals surface area contributed by atoms with Crippen molar-refractivity contribution in [2.24, 2.45) is 0 Å². The van der Waals surface area contributed by atoms with E-state index < -0.39 is 5.97 Å². The first-order valence-electron chi connectivity index (χ1n) is 6.95. The maximum absolute atomic E-state index is 12.2. The summed E-state index contributed by atoms with van der Waals surface area (Å²) >= 11 is 1.10. The Morgan fingerprint density at radius 2 is 2.10 bits per heavy atom. The highest BCUT2D eigenvalue weighted by Crippen LogP contribution is 2.30. The summed E-state index contributed by atoms with van der Waals surface area (Å²) < 4.78 is 8.99. The first kappa shape index (κ1) is 15.6. The van der Waals surface area contributed by atoms with E-state index in [1.165, 1.54) is 0 Å². The average Bonchev–Trinajstić information content (AvgIpc) is 3.07. The van der Waals surface area contributed by atoms with Gasteiger partial charge in [-0.2, -0.15) is 4.37 Å². The van der Waals surface area contributed by atoms with E-state index in [1.54, 1.807) is 18.9 Å². The van der Waals surface area contributed by atoms with Crippen molar-refractivity contribution in [3.05, 3.63) is 5.56 Å². The Hall–Kier alpha value is -1.83. The molecule has 1 amide bonds. The molecule has 8 heteroatoms. The second-order valence-electron chi connectivity index (χ2n) is 4.91. The highest BCUT2D eigenvalue weighted by molar-refractivity contribution is 7.11. The van der Waals surface area contributed by atoms with Gasteiger partial charge >= 0.3 is 5.97 Å². The maximum atomic E-state index is 12.2. The summed E-state index contributed by atoms with van der Waals surface area (Å²) in [6.45, 7) is 3.82. The van der Waals surface area contributed by atoms with Crippen LogP contribution in [0.25, 0.3) is 0 Å². The van der Waals surface area contributed by atoms with Crippen molar-refractivity contribution in [2.45, 2.75) is 19.8 Å². The number of hydrogen-bond donors (Lipinski definition) is 1. The fourth-order valence-electron chi connectivity index (χ4n) is 2.29. The zero-order valence-electron chi connectivity index (χ0n) is 12.3. The van der Waals surface area contributed by atoms with Crippen molar-refractivity contribution in [1.29, 1.82) is 0 Å². The Bertz CT molecular complexity index is 525. The lowest BCUT2D eigenvalue weighted by molar-refractivity contribution is -0.128. The van der Waals surface area contributed by atoms with Gasteiger partial charge in [0.2, 0.25) is 5.91 Å². The lowest BCUT2D eigenvalue weighted by Gasteiger charge is -2.22. The largest absolute Gasteiger partial charge is 0.462 e. The first-order chi connectivity index (χ1) is 10.0. The topological polar surface area (TPSA) is 88.8 Å². The molecular weight excluding hydrogens is 292 g/mol. The van der Waals surface area contributed by atoms with E-state index in [-0.39, 0.29) is 30.4 Å². The zero-order chi connectivity index (χ0) is 15.4. The van der Waals surface area contributed by atoms with Gasteiger partial charge in [0.1, 0.15) is 10.6 Å². The molecule has 0 bridgehead atoms. The van der Waals surface area contributed by atoms with Gasteiger partial charge in [-0.05, 0) is 31.3 Å². The number of likely N-dealkylation sites (tertiary alicyclic amines) is 1. The quantitative estimate of drug-likeness (QED) is 0.815. The second-order valence-corrected chi connectivity index (χ2v) is 5.66. The van der Waals surface area contributed by atoms with Gasteiger partial charge in [-0.15, -0.1) is 0 Å². The molecule has 0 unspecified atom stereocenters. The number of carbonyl (C=O) groups is 2. The minimum atomic E-state index is -0.501. The number of nitrogen functional groups attached to an aromatic ring is 1. The summed E-state index contributed by atoms with van der Waals surface area (Å²) in [6.07, 6.45) is 2.11. The van der Waals surface area contributed by atoms with Crippen molar-refractivity contribution < 1.29 is 14.3 Å². The van der Waals surface area contributed by atoms with Crippen molar-refractivity contribution >= 4 is 34.2 Å². The van der Waals surface area contributed by atoms with Crippen molar-refractivity contribution in [2.75, 3.05) is 43.9 Å². The van der Waals surface area contributed by atoms with Crippen LogP contribution < -0.4 is 10.6 Å². The third-order valence-electron chi connectivity index (χ3n) is 3.36. The van der Waals surface area contributed by atoms with E-state index >= 15 is 0 Å². The molecular formula is C13H20N4O3S. The number of aromatic nitrogens is 1. The van der Waals surface area contributed by atoms with Gasteiger partial charge in [0.15, 0.2) is 5.82 Å². The number of nitrogens with two attached hydrogens (primary N) is 1. The summed E-state index contributed by atoms with van der Waals surface area (Å²) in [5.74, 6) is -0.301. The maximum Gasteiger partial charge on any atom is 0.345 e. The Labute approximate surface area is 127 Å². The molecule has 0 radical (unpaired) electrons. The molecule has 0 aromatic carbocycles. The van der Waals surface area contributed by atoms with E-state index in [1.807, 2.05) is 4.90 Å². The predicted octanol–water partition coefficient (Wildman–Crippen LogP) is 0.961. The van der Waals surface area contributed by atoms with Crippen LogP contribution in [0.2, 0.25) is 0 Å². The van der Waals surface area contributed by atoms with Gasteiger partial charge in [0, 0.05) is 20.1 Å². The SMILES string of the molecule is CCOC(=O)c1c(N)nsc1N(C)CC(=O)N1CCCC1. The Morgan fingerprint density at radius 3 is 2.71 bits per heavy atom. The van der Waals surface area contributed by atoms with Gasteiger partial charge in [0.25, 0.3) is 0 Å². The van der Waals surface area contributed by atoms with E-state index in [4.69, 9.17) is 10.5 Å². The highest BCUT2D eigenvalue weighted by Gasteiger charge is 2.26. The van der Waals surface area contributed by atoms with E-state index in [9.17, 15) is 9.59 Å². The van der Waals surface area contributed by atoms with Crippen LogP contribution in [-0.4, -0.2) is 54.4 Å². The lowest BCUT2D eigenvalue weighted by atomic mass is 10.3. The number of likely N-dealkylation sites (N-methyl/N-ethyl adjacent to an activating group) is 1. The summed E-state index contributed by atoms with van der Waals surface area (Å²) in [5, 5.41) is 0.568. The highest BCUT2D eigenvalue weighted by atomic mass is 32.1. The predicted molar refractivity (Wildman–Crippen MR) is 81.6 cm³/mol. The molecule has 1 fully saturated rings. The molecule has 1 aromatic heterocycles. The fraction of sp³-hybridized carbons (Fsp3) is 0.615. The normalized spacial score (nSPS) is 14.3. The number of esters is 1. The number of carbonyl (C=O) groups excluding carboxylic acids is 2. The van der Waals surface area contributed by atoms with Crippen LogP contribution in [-0.2, 0) is 9.53 Å². The molecule has 2 heterocycles. The van der Waals surface area contributed by atoms with Crippen molar-refractivity contribution in [3.8, 4) is 0 Å². The molecule has 0 aliphatic carbocycles. The minimum absolute atomic E-state index is 0.0526. The molecule has 1 aliphatic heterocycles. The molecule has 116 valence electrons. The molecule has 0 atom stereocenters. The number of nitrogens with zero attached hydrogens (tertiary/aromatic N) is 3. The molecule has 1 aliphatic rings. The monoisotopic (exact) mass is 312 g/mol. The van der Waals surface area contributed by atoms with Crippen LogP contribution in [0.3, 0.4) is 0 Å². The molecule has 0 saturated carbocycles. The van der Waals surface area contributed by atoms with Gasteiger partial charge < -0.3 is 20.3 Å². The number of hydrogen-bond acceptors (Lipinski definition) is 7. The second kappa shape index (κ2) is 6.75. The summed E-state index contributed by atoms with van der Waals surface area (Å²) in [7, 11) is 1.75. The van der Waals surface area contributed by atoms with Crippen molar-refractivity contribution in [1.82, 2.24) is 9.27 Å². The van der Waals surface area contributed by atoms with Crippen LogP contribution in [0.15, 0.2) is 0 Å². The summed E-state index contributed by atoms with van der Waals surface area (Å²) in [5.41, 5.74) is 5.99. The Morgan fingerprint density at radius 1 is 1.43 bits per heavy atom. The van der Waals surface area contributed by atoms with Crippen LogP contribution in [0.5, 0.6) is 0 Å². The number of anilines is 2. The van der Waals surface area contributed by atoms with E-state index in [2.05, 4.69) is 4.37 Å². The summed E-state index contributed by atoms with van der Waals surface area (Å²) in [6, 6.07) is 0. The molecule has 7 nitrogen and oxygen atoms in total. The molecule has 0 spiro atoms. The molecule has 21 heavy (non-hydrogen) atoms. The molecule has 1 saturated heterocycles. The number of ether oxygens (including phenoxy) is 1. The van der Waals surface area contributed by atoms with Gasteiger partial charge in [-0.25, -0.2) is 4.79 Å². The number of amides is 1. The zero-order valence-corrected chi connectivity index (χ0v) is 13.1. The fourth-order valence-corrected chi connectivity index (χ4v) is 3.05. The van der Waals surface area contributed by atoms with Gasteiger partial charge in [0.05, 0.1) is 13.2 Å². The minimum Gasteiger partial charge on any atom is -0.462 e. The third-order valence-corrected chi connectivity index (χ3v) is 4.33. The van der Waals surface area contributed by atoms with Gasteiger partial charge in [-0.3, -0.25) is 4.79 Å².